The number of rotatable bonds is 3. The van der Waals surface area contributed by atoms with E-state index in [4.69, 9.17) is 21.1 Å². The molecule has 0 radical (unpaired) electrons. The molecule has 30 heavy (non-hydrogen) atoms. The fraction of sp³-hybridized carbons (Fsp3) is 0.261. The highest BCUT2D eigenvalue weighted by molar-refractivity contribution is 6.30. The Morgan fingerprint density at radius 3 is 2.73 bits per heavy atom. The Hall–Kier alpha value is -2.83. The van der Waals surface area contributed by atoms with Crippen LogP contribution < -0.4 is 14.8 Å². The Morgan fingerprint density at radius 2 is 1.97 bits per heavy atom. The molecule has 3 aromatic rings. The lowest BCUT2D eigenvalue weighted by Gasteiger charge is -2.43. The summed E-state index contributed by atoms with van der Waals surface area (Å²) in [6.45, 7) is 1.50. The Bertz CT molecular complexity index is 1150. The molecule has 0 bridgehead atoms. The van der Waals surface area contributed by atoms with E-state index in [-0.39, 0.29) is 11.3 Å². The highest BCUT2D eigenvalue weighted by Gasteiger charge is 2.45. The lowest BCUT2D eigenvalue weighted by Crippen LogP contribution is -2.47. The third-order valence-electron chi connectivity index (χ3n) is 5.88. The number of methoxy groups -OCH3 is 1. The number of ether oxygens (including phenoxy) is 2. The van der Waals surface area contributed by atoms with Gasteiger partial charge < -0.3 is 19.4 Å². The first-order valence-corrected chi connectivity index (χ1v) is 10.2. The summed E-state index contributed by atoms with van der Waals surface area (Å²) in [5, 5.41) is 3.93. The Labute approximate surface area is 178 Å². The number of aromatic nitrogens is 1. The van der Waals surface area contributed by atoms with E-state index in [1.54, 1.807) is 18.2 Å². The summed E-state index contributed by atoms with van der Waals surface area (Å²) in [4.78, 5) is 13.5. The average molecular weight is 427 g/mol. The van der Waals surface area contributed by atoms with Crippen molar-refractivity contribution in [2.24, 2.45) is 0 Å². The first-order chi connectivity index (χ1) is 14.5. The van der Waals surface area contributed by atoms with Crippen LogP contribution in [0, 0.1) is 5.82 Å². The summed E-state index contributed by atoms with van der Waals surface area (Å²) in [5.74, 6) is 0.141. The van der Waals surface area contributed by atoms with Gasteiger partial charge in [-0.2, -0.15) is 0 Å². The van der Waals surface area contributed by atoms with E-state index < -0.39 is 11.4 Å². The third kappa shape index (κ3) is 2.90. The summed E-state index contributed by atoms with van der Waals surface area (Å²) in [6, 6.07) is 11.4. The van der Waals surface area contributed by atoms with Crippen molar-refractivity contribution in [2.45, 2.75) is 18.4 Å². The summed E-state index contributed by atoms with van der Waals surface area (Å²) in [6.07, 6.45) is 3.22. The second-order valence-corrected chi connectivity index (χ2v) is 8.02. The molecule has 1 N–H and O–H groups in total. The molecule has 1 saturated heterocycles. The van der Waals surface area contributed by atoms with Crippen molar-refractivity contribution in [3.05, 3.63) is 76.3 Å². The van der Waals surface area contributed by atoms with Crippen molar-refractivity contribution in [1.82, 2.24) is 9.88 Å². The molecule has 0 aliphatic carbocycles. The quantitative estimate of drug-likeness (QED) is 0.627. The lowest BCUT2D eigenvalue weighted by atomic mass is 9.83. The minimum Gasteiger partial charge on any atom is -0.497 e. The molecule has 5 nitrogen and oxygen atoms in total. The summed E-state index contributed by atoms with van der Waals surface area (Å²) >= 11 is 6.20. The summed E-state index contributed by atoms with van der Waals surface area (Å²) < 4.78 is 28.2. The number of carbonyl (C=O) groups is 1. The predicted octanol–water partition coefficient (Wildman–Crippen LogP) is 4.48. The highest BCUT2D eigenvalue weighted by Crippen LogP contribution is 2.46. The molecule has 2 aliphatic heterocycles. The number of ketones is 1. The van der Waals surface area contributed by atoms with Crippen molar-refractivity contribution in [2.75, 3.05) is 20.2 Å². The van der Waals surface area contributed by atoms with Crippen LogP contribution in [0.3, 0.4) is 0 Å². The predicted molar refractivity (Wildman–Crippen MR) is 112 cm³/mol. The molecule has 2 aliphatic rings. The zero-order valence-corrected chi connectivity index (χ0v) is 17.1. The van der Waals surface area contributed by atoms with Gasteiger partial charge >= 0.3 is 0 Å². The first-order valence-electron chi connectivity index (χ1n) is 9.82. The van der Waals surface area contributed by atoms with Crippen LogP contribution in [0.15, 0.2) is 48.7 Å². The largest absolute Gasteiger partial charge is 0.497 e. The first kappa shape index (κ1) is 19.2. The molecular formula is C23H20ClFN2O3. The van der Waals surface area contributed by atoms with Gasteiger partial charge in [0.2, 0.25) is 0 Å². The number of piperidine rings is 1. The second kappa shape index (κ2) is 7.15. The standard InChI is InChI=1S/C23H20ClFN2O3/c1-29-15-3-4-18(25)17(13-15)21(28)16-6-11-27-19-5-2-14(24)12-20(19)30-23(22(16)27)7-9-26-10-8-23/h2-6,11-13,26H,7-10H2,1H3. The molecule has 1 fully saturated rings. The van der Waals surface area contributed by atoms with Crippen molar-refractivity contribution in [3.8, 4) is 17.2 Å². The van der Waals surface area contributed by atoms with Gasteiger partial charge in [0.05, 0.1) is 24.1 Å². The molecule has 7 heteroatoms. The molecule has 0 amide bonds. The monoisotopic (exact) mass is 426 g/mol. The van der Waals surface area contributed by atoms with Crippen LogP contribution >= 0.6 is 11.6 Å². The topological polar surface area (TPSA) is 52.5 Å². The van der Waals surface area contributed by atoms with Gasteiger partial charge in [0.1, 0.15) is 17.3 Å². The smallest absolute Gasteiger partial charge is 0.198 e. The van der Waals surface area contributed by atoms with Crippen molar-refractivity contribution in [3.63, 3.8) is 0 Å². The van der Waals surface area contributed by atoms with Gasteiger partial charge in [0.15, 0.2) is 11.4 Å². The Morgan fingerprint density at radius 1 is 1.17 bits per heavy atom. The van der Waals surface area contributed by atoms with Crippen LogP contribution in [-0.2, 0) is 5.60 Å². The maximum absolute atomic E-state index is 14.6. The maximum atomic E-state index is 14.6. The molecule has 3 heterocycles. The van der Waals surface area contributed by atoms with E-state index in [2.05, 4.69) is 5.32 Å². The van der Waals surface area contributed by atoms with Crippen molar-refractivity contribution >= 4 is 17.4 Å². The molecule has 0 unspecified atom stereocenters. The molecule has 1 aromatic heterocycles. The van der Waals surface area contributed by atoms with E-state index in [9.17, 15) is 9.18 Å². The molecule has 0 atom stereocenters. The second-order valence-electron chi connectivity index (χ2n) is 7.58. The number of nitrogens with zero attached hydrogens (tertiary/aromatic N) is 1. The minimum atomic E-state index is -0.688. The van der Waals surface area contributed by atoms with Gasteiger partial charge in [-0.25, -0.2) is 4.39 Å². The summed E-state index contributed by atoms with van der Waals surface area (Å²) in [7, 11) is 1.49. The van der Waals surface area contributed by atoms with Gasteiger partial charge in [-0.1, -0.05) is 11.6 Å². The van der Waals surface area contributed by atoms with E-state index in [1.807, 2.05) is 16.8 Å². The number of carbonyl (C=O) groups excluding carboxylic acids is 1. The lowest BCUT2D eigenvalue weighted by molar-refractivity contribution is 0.0194. The SMILES string of the molecule is COc1ccc(F)c(C(=O)c2ccn3c2C2(CCNCC2)Oc2cc(Cl)ccc2-3)c1. The molecule has 5 rings (SSSR count). The fourth-order valence-corrected chi connectivity index (χ4v) is 4.59. The number of nitrogens with one attached hydrogen (secondary N) is 1. The van der Waals surface area contributed by atoms with E-state index >= 15 is 0 Å². The Balaban J connectivity index is 1.70. The average Bonchev–Trinajstić information content (AvgIpc) is 3.20. The minimum absolute atomic E-state index is 0.0191. The molecule has 1 spiro atoms. The van der Waals surface area contributed by atoms with E-state index in [0.717, 1.165) is 24.5 Å². The van der Waals surface area contributed by atoms with Crippen LogP contribution in [0.1, 0.15) is 34.5 Å². The molecule has 154 valence electrons. The number of hydrogen-bond acceptors (Lipinski definition) is 4. The number of halogens is 2. The van der Waals surface area contributed by atoms with Crippen LogP contribution in [0.4, 0.5) is 4.39 Å². The number of fused-ring (bicyclic) bond motifs is 4. The highest BCUT2D eigenvalue weighted by atomic mass is 35.5. The molecule has 0 saturated carbocycles. The van der Waals surface area contributed by atoms with Crippen LogP contribution in [0.25, 0.3) is 5.69 Å². The number of hydrogen-bond donors (Lipinski definition) is 1. The zero-order valence-electron chi connectivity index (χ0n) is 16.4. The zero-order chi connectivity index (χ0) is 20.9. The van der Waals surface area contributed by atoms with Crippen molar-refractivity contribution in [1.29, 1.82) is 0 Å². The summed E-state index contributed by atoms with van der Waals surface area (Å²) in [5.41, 5.74) is 1.29. The van der Waals surface area contributed by atoms with Crippen LogP contribution in [-0.4, -0.2) is 30.5 Å². The van der Waals surface area contributed by atoms with Gasteiger partial charge in [-0.05, 0) is 49.5 Å². The maximum Gasteiger partial charge on any atom is 0.198 e. The number of benzene rings is 2. The van der Waals surface area contributed by atoms with Gasteiger partial charge in [-0.3, -0.25) is 4.79 Å². The normalized spacial score (nSPS) is 16.5. The van der Waals surface area contributed by atoms with Gasteiger partial charge in [-0.15, -0.1) is 0 Å². The van der Waals surface area contributed by atoms with Gasteiger partial charge in [0, 0.05) is 35.7 Å². The molecular weight excluding hydrogens is 407 g/mol. The van der Waals surface area contributed by atoms with E-state index in [0.29, 0.717) is 34.9 Å². The van der Waals surface area contributed by atoms with E-state index in [1.165, 1.54) is 25.3 Å². The van der Waals surface area contributed by atoms with Crippen molar-refractivity contribution < 1.29 is 18.7 Å². The molecule has 2 aromatic carbocycles. The fourth-order valence-electron chi connectivity index (χ4n) is 4.43. The van der Waals surface area contributed by atoms with Crippen LogP contribution in [0.5, 0.6) is 11.5 Å². The third-order valence-corrected chi connectivity index (χ3v) is 6.11. The Kier molecular flexibility index (Phi) is 4.56. The van der Waals surface area contributed by atoms with Crippen LogP contribution in [0.2, 0.25) is 5.02 Å². The van der Waals surface area contributed by atoms with Gasteiger partial charge in [0.25, 0.3) is 0 Å².